The fraction of sp³-hybridized carbons (Fsp3) is 0.421. The second-order valence-corrected chi connectivity index (χ2v) is 6.69. The average Bonchev–Trinajstić information content (AvgIpc) is 3.04. The van der Waals surface area contributed by atoms with Crippen LogP contribution in [0.4, 0.5) is 0 Å². The highest BCUT2D eigenvalue weighted by atomic mass is 16.6. The predicted molar refractivity (Wildman–Crippen MR) is 91.3 cm³/mol. The number of amides is 1. The first-order valence-corrected chi connectivity index (χ1v) is 8.64. The molecular formula is C19H21N3O3. The van der Waals surface area contributed by atoms with E-state index in [1.807, 2.05) is 17.0 Å². The zero-order valence-electron chi connectivity index (χ0n) is 14.0. The van der Waals surface area contributed by atoms with E-state index in [4.69, 9.17) is 9.47 Å². The van der Waals surface area contributed by atoms with Crippen molar-refractivity contribution in [1.82, 2.24) is 14.9 Å². The first-order chi connectivity index (χ1) is 12.2. The smallest absolute Gasteiger partial charge is 0.254 e. The van der Waals surface area contributed by atoms with E-state index >= 15 is 0 Å². The van der Waals surface area contributed by atoms with Gasteiger partial charge < -0.3 is 14.4 Å². The molecule has 4 rings (SSSR count). The summed E-state index contributed by atoms with van der Waals surface area (Å²) in [7, 11) is 0. The van der Waals surface area contributed by atoms with E-state index in [2.05, 4.69) is 9.97 Å². The predicted octanol–water partition coefficient (Wildman–Crippen LogP) is 2.32. The number of likely N-dealkylation sites (tertiary alicyclic amines) is 1. The second kappa shape index (κ2) is 6.80. The van der Waals surface area contributed by atoms with Crippen LogP contribution < -0.4 is 4.74 Å². The van der Waals surface area contributed by atoms with Gasteiger partial charge in [-0.2, -0.15) is 0 Å². The van der Waals surface area contributed by atoms with Gasteiger partial charge in [0.15, 0.2) is 0 Å². The molecule has 0 bridgehead atoms. The van der Waals surface area contributed by atoms with Gasteiger partial charge in [-0.1, -0.05) is 0 Å². The Hall–Kier alpha value is -2.47. The molecule has 130 valence electrons. The molecule has 2 fully saturated rings. The lowest BCUT2D eigenvalue weighted by molar-refractivity contribution is -0.0453. The summed E-state index contributed by atoms with van der Waals surface area (Å²) in [6.45, 7) is 1.92. The molecule has 6 heteroatoms. The van der Waals surface area contributed by atoms with Gasteiger partial charge in [-0.25, -0.2) is 0 Å². The third kappa shape index (κ3) is 3.49. The summed E-state index contributed by atoms with van der Waals surface area (Å²) in [4.78, 5) is 22.7. The molecule has 2 saturated heterocycles. The molecule has 2 aromatic heterocycles. The van der Waals surface area contributed by atoms with Crippen LogP contribution in [-0.2, 0) is 4.74 Å². The number of rotatable bonds is 3. The Morgan fingerprint density at radius 1 is 1.24 bits per heavy atom. The number of carbonyl (C=O) groups excluding carboxylic acids is 1. The first-order valence-electron chi connectivity index (χ1n) is 8.64. The summed E-state index contributed by atoms with van der Waals surface area (Å²) in [6, 6.07) is 7.27. The highest BCUT2D eigenvalue weighted by Crippen LogP contribution is 2.36. The molecule has 25 heavy (non-hydrogen) atoms. The van der Waals surface area contributed by atoms with Gasteiger partial charge in [0.1, 0.15) is 11.9 Å². The van der Waals surface area contributed by atoms with Gasteiger partial charge in [-0.05, 0) is 37.1 Å². The second-order valence-electron chi connectivity index (χ2n) is 6.69. The molecule has 0 radical (unpaired) electrons. The van der Waals surface area contributed by atoms with E-state index in [0.29, 0.717) is 18.7 Å². The maximum absolute atomic E-state index is 12.7. The van der Waals surface area contributed by atoms with Gasteiger partial charge in [0.25, 0.3) is 5.91 Å². The molecular weight excluding hydrogens is 318 g/mol. The van der Waals surface area contributed by atoms with Gasteiger partial charge in [-0.3, -0.25) is 14.8 Å². The van der Waals surface area contributed by atoms with E-state index in [0.717, 1.165) is 31.6 Å². The Balaban J connectivity index is 1.42. The van der Waals surface area contributed by atoms with E-state index < -0.39 is 0 Å². The van der Waals surface area contributed by atoms with Crippen molar-refractivity contribution in [2.75, 3.05) is 19.7 Å². The van der Waals surface area contributed by atoms with Crippen molar-refractivity contribution < 1.29 is 14.3 Å². The number of piperidine rings is 1. The van der Waals surface area contributed by atoms with Gasteiger partial charge >= 0.3 is 0 Å². The molecule has 1 amide bonds. The third-order valence-corrected chi connectivity index (χ3v) is 4.87. The van der Waals surface area contributed by atoms with Crippen LogP contribution in [0.3, 0.4) is 0 Å². The average molecular weight is 339 g/mol. The summed E-state index contributed by atoms with van der Waals surface area (Å²) in [5.74, 6) is 0.801. The molecule has 0 saturated carbocycles. The lowest BCUT2D eigenvalue weighted by atomic mass is 9.89. The van der Waals surface area contributed by atoms with Gasteiger partial charge in [0.05, 0.1) is 24.9 Å². The maximum atomic E-state index is 12.7. The van der Waals surface area contributed by atoms with Crippen molar-refractivity contribution in [3.63, 3.8) is 0 Å². The van der Waals surface area contributed by atoms with Crippen molar-refractivity contribution in [2.24, 2.45) is 0 Å². The van der Waals surface area contributed by atoms with Crippen LogP contribution in [0.25, 0.3) is 0 Å². The fourth-order valence-corrected chi connectivity index (χ4v) is 3.72. The minimum Gasteiger partial charge on any atom is -0.486 e. The van der Waals surface area contributed by atoms with Gasteiger partial charge in [-0.15, -0.1) is 0 Å². The highest BCUT2D eigenvalue weighted by molar-refractivity contribution is 5.94. The van der Waals surface area contributed by atoms with Crippen LogP contribution in [0.1, 0.15) is 29.6 Å². The van der Waals surface area contributed by atoms with Crippen LogP contribution in [0.5, 0.6) is 5.75 Å². The standard InChI is InChI=1S/C19H21N3O3/c23-18(15-4-8-20-9-5-15)22-10-2-6-19(14-22)11-17(13-24-19)25-16-3-1-7-21-12-16/h1,3-5,7-9,12,17H,2,6,10-11,13-14H2. The van der Waals surface area contributed by atoms with E-state index in [1.165, 1.54) is 0 Å². The van der Waals surface area contributed by atoms with E-state index in [9.17, 15) is 4.79 Å². The first kappa shape index (κ1) is 16.0. The Kier molecular flexibility index (Phi) is 4.36. The Labute approximate surface area is 146 Å². The SMILES string of the molecule is O=C(c1ccncc1)N1CCCC2(CC(Oc3cccnc3)CO2)C1. The largest absolute Gasteiger partial charge is 0.486 e. The number of nitrogens with zero attached hydrogens (tertiary/aromatic N) is 3. The Morgan fingerprint density at radius 2 is 2.12 bits per heavy atom. The third-order valence-electron chi connectivity index (χ3n) is 4.87. The number of hydrogen-bond acceptors (Lipinski definition) is 5. The summed E-state index contributed by atoms with van der Waals surface area (Å²) >= 11 is 0. The number of carbonyl (C=O) groups is 1. The quantitative estimate of drug-likeness (QED) is 0.859. The fourth-order valence-electron chi connectivity index (χ4n) is 3.72. The normalized spacial score (nSPS) is 25.9. The van der Waals surface area contributed by atoms with Gasteiger partial charge in [0, 0.05) is 37.1 Å². The van der Waals surface area contributed by atoms with E-state index in [1.54, 1.807) is 36.9 Å². The summed E-state index contributed by atoms with van der Waals surface area (Å²) < 4.78 is 12.1. The highest BCUT2D eigenvalue weighted by Gasteiger charge is 2.45. The molecule has 2 aliphatic heterocycles. The van der Waals surface area contributed by atoms with Crippen LogP contribution in [0.2, 0.25) is 0 Å². The Morgan fingerprint density at radius 3 is 2.92 bits per heavy atom. The van der Waals surface area contributed by atoms with Crippen molar-refractivity contribution in [3.8, 4) is 5.75 Å². The number of hydrogen-bond donors (Lipinski definition) is 0. The topological polar surface area (TPSA) is 64.6 Å². The monoisotopic (exact) mass is 339 g/mol. The van der Waals surface area contributed by atoms with Crippen molar-refractivity contribution in [2.45, 2.75) is 31.0 Å². The summed E-state index contributed by atoms with van der Waals surface area (Å²) in [5, 5.41) is 0. The number of pyridine rings is 2. The van der Waals surface area contributed by atoms with E-state index in [-0.39, 0.29) is 17.6 Å². The molecule has 2 atom stereocenters. The lowest BCUT2D eigenvalue weighted by Crippen LogP contribution is -2.50. The molecule has 2 unspecified atom stereocenters. The molecule has 2 aromatic rings. The van der Waals surface area contributed by atoms with Crippen LogP contribution in [0.15, 0.2) is 49.1 Å². The van der Waals surface area contributed by atoms with Crippen molar-refractivity contribution in [3.05, 3.63) is 54.6 Å². The molecule has 0 aliphatic carbocycles. The Bertz CT molecular complexity index is 725. The van der Waals surface area contributed by atoms with Crippen LogP contribution in [-0.4, -0.2) is 52.2 Å². The lowest BCUT2D eigenvalue weighted by Gasteiger charge is -2.39. The maximum Gasteiger partial charge on any atom is 0.254 e. The number of aromatic nitrogens is 2. The minimum atomic E-state index is -0.298. The molecule has 6 nitrogen and oxygen atoms in total. The summed E-state index contributed by atoms with van der Waals surface area (Å²) in [6.07, 6.45) is 9.43. The number of ether oxygens (including phenoxy) is 2. The van der Waals surface area contributed by atoms with Crippen LogP contribution in [0, 0.1) is 0 Å². The molecule has 2 aliphatic rings. The molecule has 4 heterocycles. The molecule has 0 N–H and O–H groups in total. The zero-order chi connectivity index (χ0) is 17.1. The zero-order valence-corrected chi connectivity index (χ0v) is 14.0. The van der Waals surface area contributed by atoms with Crippen LogP contribution >= 0.6 is 0 Å². The molecule has 1 spiro atoms. The summed E-state index contributed by atoms with van der Waals surface area (Å²) in [5.41, 5.74) is 0.376. The van der Waals surface area contributed by atoms with Crippen molar-refractivity contribution >= 4 is 5.91 Å². The molecule has 0 aromatic carbocycles. The van der Waals surface area contributed by atoms with Gasteiger partial charge in [0.2, 0.25) is 0 Å². The minimum absolute atomic E-state index is 0.000164. The van der Waals surface area contributed by atoms with Crippen molar-refractivity contribution in [1.29, 1.82) is 0 Å².